The molecule has 0 fully saturated rings. The maximum absolute atomic E-state index is 12.8. The summed E-state index contributed by atoms with van der Waals surface area (Å²) in [5.74, 6) is 1.32. The normalized spacial score (nSPS) is 11.6. The van der Waals surface area contributed by atoms with Crippen LogP contribution in [0.15, 0.2) is 162 Å². The molecule has 0 aliphatic heterocycles. The summed E-state index contributed by atoms with van der Waals surface area (Å²) in [6, 6.07) is 26.5. The van der Waals surface area contributed by atoms with Crippen molar-refractivity contribution in [1.82, 2.24) is 63.2 Å². The molecule has 0 radical (unpaired) electrons. The third-order valence-electron chi connectivity index (χ3n) is 15.9. The predicted octanol–water partition coefficient (Wildman–Crippen LogP) is 10.5. The zero-order chi connectivity index (χ0) is 65.3. The predicted molar refractivity (Wildman–Crippen MR) is 359 cm³/mol. The third kappa shape index (κ3) is 15.4. The maximum atomic E-state index is 12.8. The van der Waals surface area contributed by atoms with E-state index in [1.54, 1.807) is 30.6 Å². The van der Waals surface area contributed by atoms with Crippen LogP contribution < -0.4 is 31.7 Å². The molecule has 13 rings (SSSR count). The standard InChI is InChI=1S/C26H25N5O2.C23H26N4O4.C22H24N4O3/c1-17-15-31-16-23(30-25(31)18(2)29-17)22-13-21-6-5-19(12-24(21)33-26(22)32)4-3-9-28-14-20-7-10-27-11-8-20;1-4-26(7-9-28)8-10-30-18-6-5-17-11-19(23(29)31-21(17)12-18)20-14-27-13-15(2)24-16(3)22(27)25-20;1-5-25(4)8-9-28-17-7-6-16-10-18(22(27)29-20(16)11-17)19-13-26-12-14(2)23-15(3)21(26)24-19/h5-8,10-13,15-16,28H,3-4,9,14H2,1-2H3;5-6,11-14,28H,4,7-10H2,1-3H3;6-7,10-13H,5,8-9H2,1-4H3. The Hall–Kier alpha value is -10.3. The summed E-state index contributed by atoms with van der Waals surface area (Å²) in [7, 11) is 2.04. The van der Waals surface area contributed by atoms with E-state index in [1.807, 2.05) is 167 Å². The van der Waals surface area contributed by atoms with Gasteiger partial charge in [-0.1, -0.05) is 26.0 Å². The molecule has 0 amide bonds. The zero-order valence-corrected chi connectivity index (χ0v) is 53.8. The number of hydrogen-bond donors (Lipinski definition) is 2. The lowest BCUT2D eigenvalue weighted by atomic mass is 10.1. The van der Waals surface area contributed by atoms with Crippen LogP contribution in [0.5, 0.6) is 11.5 Å². The number of fused-ring (bicyclic) bond motifs is 6. The average molecular weight is 1250 g/mol. The summed E-state index contributed by atoms with van der Waals surface area (Å²) >= 11 is 0. The monoisotopic (exact) mass is 1250 g/mol. The number of nitrogens with one attached hydrogen (secondary N) is 1. The van der Waals surface area contributed by atoms with Gasteiger partial charge < -0.3 is 51.3 Å². The van der Waals surface area contributed by atoms with Gasteiger partial charge in [0.1, 0.15) is 41.5 Å². The zero-order valence-electron chi connectivity index (χ0n) is 53.8. The Morgan fingerprint density at radius 1 is 0.505 bits per heavy atom. The molecule has 93 heavy (non-hydrogen) atoms. The summed E-state index contributed by atoms with van der Waals surface area (Å²) < 4.78 is 34.1. The summed E-state index contributed by atoms with van der Waals surface area (Å²) in [6.07, 6.45) is 16.7. The molecular formula is C71H75N13O9. The van der Waals surface area contributed by atoms with E-state index in [1.165, 1.54) is 5.56 Å². The summed E-state index contributed by atoms with van der Waals surface area (Å²) in [5.41, 5.74) is 13.0. The quantitative estimate of drug-likeness (QED) is 0.0501. The van der Waals surface area contributed by atoms with Gasteiger partial charge in [0, 0.05) is 104 Å². The summed E-state index contributed by atoms with van der Waals surface area (Å²) in [4.78, 5) is 73.5. The Labute approximate surface area is 535 Å². The molecule has 478 valence electrons. The van der Waals surface area contributed by atoms with Crippen LogP contribution in [0.2, 0.25) is 0 Å². The van der Waals surface area contributed by atoms with E-state index in [4.69, 9.17) is 27.8 Å². The second kappa shape index (κ2) is 28.9. The first kappa shape index (κ1) is 64.3. The number of benzene rings is 3. The Kier molecular flexibility index (Phi) is 20.0. The topological polar surface area (TPSA) is 251 Å². The molecule has 0 atom stereocenters. The molecule has 10 heterocycles. The molecule has 10 aromatic heterocycles. The van der Waals surface area contributed by atoms with Crippen LogP contribution in [0, 0.1) is 41.5 Å². The molecule has 0 aliphatic rings. The average Bonchev–Trinajstić information content (AvgIpc) is 1.73. The smallest absolute Gasteiger partial charge is 0.345 e. The van der Waals surface area contributed by atoms with Crippen molar-refractivity contribution in [2.24, 2.45) is 0 Å². The fraction of sp³-hybridized carbons (Fsp3) is 0.296. The number of aromatic nitrogens is 10. The van der Waals surface area contributed by atoms with Gasteiger partial charge in [0.2, 0.25) is 0 Å². The third-order valence-corrected chi connectivity index (χ3v) is 15.9. The van der Waals surface area contributed by atoms with Gasteiger partial charge in [-0.3, -0.25) is 24.8 Å². The van der Waals surface area contributed by atoms with E-state index in [-0.39, 0.29) is 12.2 Å². The number of hydrogen-bond acceptors (Lipinski definition) is 19. The van der Waals surface area contributed by atoms with Crippen molar-refractivity contribution in [3.8, 4) is 45.3 Å². The molecule has 0 bridgehead atoms. The Morgan fingerprint density at radius 2 is 0.946 bits per heavy atom. The molecular weight excluding hydrogens is 1180 g/mol. The number of aryl methyl sites for hydroxylation is 7. The van der Waals surface area contributed by atoms with Crippen molar-refractivity contribution in [3.05, 3.63) is 211 Å². The van der Waals surface area contributed by atoms with Gasteiger partial charge >= 0.3 is 16.9 Å². The molecule has 13 aromatic rings. The van der Waals surface area contributed by atoms with E-state index in [0.717, 1.165) is 113 Å². The molecule has 2 N–H and O–H groups in total. The number of likely N-dealkylation sites (N-methyl/N-ethyl adjacent to an activating group) is 2. The van der Waals surface area contributed by atoms with E-state index >= 15 is 0 Å². The maximum Gasteiger partial charge on any atom is 0.345 e. The van der Waals surface area contributed by atoms with Crippen LogP contribution in [0.1, 0.15) is 65.6 Å². The van der Waals surface area contributed by atoms with Crippen LogP contribution in [-0.2, 0) is 13.0 Å². The Bertz CT molecular complexity index is 4990. The first-order valence-electron chi connectivity index (χ1n) is 31.1. The molecule has 0 unspecified atom stereocenters. The minimum absolute atomic E-state index is 0.124. The summed E-state index contributed by atoms with van der Waals surface area (Å²) in [6.45, 7) is 22.5. The van der Waals surface area contributed by atoms with Gasteiger partial charge in [-0.25, -0.2) is 29.3 Å². The fourth-order valence-electron chi connectivity index (χ4n) is 11.0. The van der Waals surface area contributed by atoms with Gasteiger partial charge in [-0.15, -0.1) is 0 Å². The fourth-order valence-corrected chi connectivity index (χ4v) is 11.0. The molecule has 22 nitrogen and oxygen atoms in total. The second-order valence-electron chi connectivity index (χ2n) is 23.0. The highest BCUT2D eigenvalue weighted by atomic mass is 16.5. The van der Waals surface area contributed by atoms with Gasteiger partial charge in [-0.2, -0.15) is 0 Å². The number of ether oxygens (including phenoxy) is 2. The van der Waals surface area contributed by atoms with E-state index < -0.39 is 11.3 Å². The minimum atomic E-state index is -0.449. The van der Waals surface area contributed by atoms with E-state index in [9.17, 15) is 14.4 Å². The van der Waals surface area contributed by atoms with E-state index in [2.05, 4.69) is 63.0 Å². The van der Waals surface area contributed by atoms with Gasteiger partial charge in [0.15, 0.2) is 16.9 Å². The lowest BCUT2D eigenvalue weighted by molar-refractivity contribution is 0.174. The molecule has 0 aliphatic carbocycles. The van der Waals surface area contributed by atoms with Crippen molar-refractivity contribution in [2.45, 2.75) is 74.8 Å². The molecule has 3 aromatic carbocycles. The second-order valence-corrected chi connectivity index (χ2v) is 23.0. The van der Waals surface area contributed by atoms with Crippen LogP contribution in [-0.4, -0.2) is 129 Å². The number of nitrogens with zero attached hydrogens (tertiary/aromatic N) is 12. The molecule has 22 heteroatoms. The van der Waals surface area contributed by atoms with E-state index in [0.29, 0.717) is 94.0 Å². The Morgan fingerprint density at radius 3 is 1.39 bits per heavy atom. The van der Waals surface area contributed by atoms with Crippen LogP contribution in [0.4, 0.5) is 0 Å². The highest BCUT2D eigenvalue weighted by Gasteiger charge is 2.18. The minimum Gasteiger partial charge on any atom is -0.492 e. The number of rotatable bonds is 21. The van der Waals surface area contributed by atoms with Crippen molar-refractivity contribution < 1.29 is 27.8 Å². The number of aliphatic hydroxyl groups excluding tert-OH is 1. The molecule has 0 spiro atoms. The largest absolute Gasteiger partial charge is 0.492 e. The first-order valence-corrected chi connectivity index (χ1v) is 31.1. The van der Waals surface area contributed by atoms with Gasteiger partial charge in [0.05, 0.1) is 74.5 Å². The molecule has 0 saturated carbocycles. The highest BCUT2D eigenvalue weighted by Crippen LogP contribution is 2.28. The first-order chi connectivity index (χ1) is 45.0. The van der Waals surface area contributed by atoms with Gasteiger partial charge in [0.25, 0.3) is 0 Å². The molecule has 0 saturated heterocycles. The SMILES string of the molecule is CCN(C)CCOc1ccc2cc(-c3cn4cc(C)nc(C)c4n3)c(=O)oc2c1.CCN(CCO)CCOc1ccc2cc(-c3cn4cc(C)nc(C)c4n3)c(=O)oc2c1.Cc1cn2cc(-c3cc4ccc(CCCNCc5ccncc5)cc4oc3=O)nc2c(C)n1. The van der Waals surface area contributed by atoms with Crippen molar-refractivity contribution in [3.63, 3.8) is 0 Å². The lowest BCUT2D eigenvalue weighted by Crippen LogP contribution is -2.30. The lowest BCUT2D eigenvalue weighted by Gasteiger charge is -2.19. The number of imidazole rings is 3. The van der Waals surface area contributed by atoms with Crippen molar-refractivity contribution in [1.29, 1.82) is 0 Å². The van der Waals surface area contributed by atoms with Crippen molar-refractivity contribution in [2.75, 3.05) is 66.1 Å². The van der Waals surface area contributed by atoms with Crippen LogP contribution in [0.3, 0.4) is 0 Å². The Balaban J connectivity index is 0.000000143. The summed E-state index contributed by atoms with van der Waals surface area (Å²) in [5, 5.41) is 15.0. The highest BCUT2D eigenvalue weighted by molar-refractivity contribution is 5.84. The number of pyridine rings is 1. The van der Waals surface area contributed by atoms with Crippen molar-refractivity contribution >= 4 is 49.8 Å². The van der Waals surface area contributed by atoms with Crippen LogP contribution in [0.25, 0.3) is 83.6 Å². The number of aliphatic hydroxyl groups is 1. The van der Waals surface area contributed by atoms with Gasteiger partial charge in [-0.05, 0) is 153 Å². The van der Waals surface area contributed by atoms with Crippen LogP contribution >= 0.6 is 0 Å².